The Hall–Kier alpha value is -2.23. The molecule has 84 valence electrons. The van der Waals surface area contributed by atoms with Gasteiger partial charge in [-0.05, 0) is 32.0 Å². The quantitative estimate of drug-likeness (QED) is 0.637. The Morgan fingerprint density at radius 3 is 2.29 bits per heavy atom. The van der Waals surface area contributed by atoms with Gasteiger partial charge >= 0.3 is 0 Å². The van der Waals surface area contributed by atoms with Gasteiger partial charge in [0.2, 0.25) is 0 Å². The van der Waals surface area contributed by atoms with Crippen LogP contribution in [0.5, 0.6) is 0 Å². The lowest BCUT2D eigenvalue weighted by Gasteiger charge is -2.05. The maximum absolute atomic E-state index is 4.60. The SMILES string of the molecule is Cc1ccn(-c2nc3ccccc3nc2C)n1. The number of nitrogens with zero attached hydrogens (tertiary/aromatic N) is 4. The minimum absolute atomic E-state index is 0.789. The van der Waals surface area contributed by atoms with Crippen LogP contribution < -0.4 is 0 Å². The van der Waals surface area contributed by atoms with Gasteiger partial charge in [-0.2, -0.15) is 5.10 Å². The van der Waals surface area contributed by atoms with E-state index in [4.69, 9.17) is 0 Å². The molecule has 0 radical (unpaired) electrons. The van der Waals surface area contributed by atoms with E-state index in [1.165, 1.54) is 0 Å². The van der Waals surface area contributed by atoms with Crippen LogP contribution in [0.25, 0.3) is 16.9 Å². The first kappa shape index (κ1) is 9.96. The number of aromatic nitrogens is 4. The third kappa shape index (κ3) is 1.67. The third-order valence-corrected chi connectivity index (χ3v) is 2.66. The average molecular weight is 224 g/mol. The average Bonchev–Trinajstić information content (AvgIpc) is 2.75. The summed E-state index contributed by atoms with van der Waals surface area (Å²) in [6, 6.07) is 9.81. The van der Waals surface area contributed by atoms with E-state index in [0.717, 1.165) is 28.2 Å². The summed E-state index contributed by atoms with van der Waals surface area (Å²) < 4.78 is 1.77. The lowest BCUT2D eigenvalue weighted by atomic mass is 10.3. The van der Waals surface area contributed by atoms with Gasteiger partial charge in [0.15, 0.2) is 5.82 Å². The van der Waals surface area contributed by atoms with Gasteiger partial charge in [0, 0.05) is 6.20 Å². The highest BCUT2D eigenvalue weighted by molar-refractivity contribution is 5.75. The molecule has 0 aliphatic rings. The molecule has 0 atom stereocenters. The predicted molar refractivity (Wildman–Crippen MR) is 66.1 cm³/mol. The molecule has 0 N–H and O–H groups in total. The van der Waals surface area contributed by atoms with E-state index in [9.17, 15) is 0 Å². The fourth-order valence-electron chi connectivity index (χ4n) is 1.83. The van der Waals surface area contributed by atoms with Crippen LogP contribution in [-0.4, -0.2) is 19.7 Å². The van der Waals surface area contributed by atoms with Crippen molar-refractivity contribution >= 4 is 11.0 Å². The van der Waals surface area contributed by atoms with E-state index < -0.39 is 0 Å². The number of hydrogen-bond donors (Lipinski definition) is 0. The molecule has 0 fully saturated rings. The zero-order valence-corrected chi connectivity index (χ0v) is 9.75. The zero-order chi connectivity index (χ0) is 11.8. The Morgan fingerprint density at radius 1 is 0.941 bits per heavy atom. The van der Waals surface area contributed by atoms with Crippen molar-refractivity contribution in [3.8, 4) is 5.82 Å². The molecule has 2 aromatic heterocycles. The molecule has 4 nitrogen and oxygen atoms in total. The molecule has 0 unspecified atom stereocenters. The van der Waals surface area contributed by atoms with E-state index in [0.29, 0.717) is 0 Å². The van der Waals surface area contributed by atoms with Gasteiger partial charge in [-0.15, -0.1) is 0 Å². The fraction of sp³-hybridized carbons (Fsp3) is 0.154. The van der Waals surface area contributed by atoms with E-state index in [1.807, 2.05) is 50.4 Å². The Balaban J connectivity index is 2.26. The summed E-state index contributed by atoms with van der Waals surface area (Å²) in [6.45, 7) is 3.91. The number of fused-ring (bicyclic) bond motifs is 1. The summed E-state index contributed by atoms with van der Waals surface area (Å²) in [4.78, 5) is 9.13. The minimum Gasteiger partial charge on any atom is -0.248 e. The van der Waals surface area contributed by atoms with Gasteiger partial charge in [0.1, 0.15) is 0 Å². The minimum atomic E-state index is 0.789. The highest BCUT2D eigenvalue weighted by atomic mass is 15.3. The molecule has 0 aliphatic carbocycles. The molecule has 0 spiro atoms. The maximum Gasteiger partial charge on any atom is 0.175 e. The Labute approximate surface area is 98.9 Å². The van der Waals surface area contributed by atoms with Crippen molar-refractivity contribution in [3.05, 3.63) is 47.9 Å². The van der Waals surface area contributed by atoms with Crippen molar-refractivity contribution in [1.82, 2.24) is 19.7 Å². The number of benzene rings is 1. The number of hydrogen-bond acceptors (Lipinski definition) is 3. The molecule has 2 heterocycles. The summed E-state index contributed by atoms with van der Waals surface area (Å²) >= 11 is 0. The van der Waals surface area contributed by atoms with Crippen LogP contribution in [0.1, 0.15) is 11.4 Å². The predicted octanol–water partition coefficient (Wildman–Crippen LogP) is 2.43. The molecule has 0 bridgehead atoms. The summed E-state index contributed by atoms with van der Waals surface area (Å²) in [5, 5.41) is 4.36. The van der Waals surface area contributed by atoms with Crippen molar-refractivity contribution in [2.45, 2.75) is 13.8 Å². The van der Waals surface area contributed by atoms with Crippen molar-refractivity contribution in [3.63, 3.8) is 0 Å². The molecule has 4 heteroatoms. The first-order valence-corrected chi connectivity index (χ1v) is 5.50. The first-order chi connectivity index (χ1) is 8.24. The van der Waals surface area contributed by atoms with Gasteiger partial charge in [-0.25, -0.2) is 14.6 Å². The van der Waals surface area contributed by atoms with Crippen molar-refractivity contribution in [2.75, 3.05) is 0 Å². The lowest BCUT2D eigenvalue weighted by molar-refractivity contribution is 0.821. The number of para-hydroxylation sites is 2. The lowest BCUT2D eigenvalue weighted by Crippen LogP contribution is -2.03. The normalized spacial score (nSPS) is 10.9. The second kappa shape index (κ2) is 3.66. The van der Waals surface area contributed by atoms with Gasteiger partial charge in [0.25, 0.3) is 0 Å². The molecule has 1 aromatic carbocycles. The molecule has 0 aliphatic heterocycles. The van der Waals surface area contributed by atoms with Crippen molar-refractivity contribution < 1.29 is 0 Å². The fourth-order valence-corrected chi connectivity index (χ4v) is 1.83. The van der Waals surface area contributed by atoms with Crippen molar-refractivity contribution in [2.24, 2.45) is 0 Å². The largest absolute Gasteiger partial charge is 0.248 e. The number of aryl methyl sites for hydroxylation is 2. The standard InChI is InChI=1S/C13H12N4/c1-9-7-8-17(16-9)13-10(2)14-11-5-3-4-6-12(11)15-13/h3-8H,1-2H3. The molecule has 0 saturated carbocycles. The third-order valence-electron chi connectivity index (χ3n) is 2.66. The van der Waals surface area contributed by atoms with Crippen LogP contribution in [0.2, 0.25) is 0 Å². The van der Waals surface area contributed by atoms with E-state index in [2.05, 4.69) is 15.1 Å². The van der Waals surface area contributed by atoms with E-state index >= 15 is 0 Å². The molecule has 3 aromatic rings. The summed E-state index contributed by atoms with van der Waals surface area (Å²) in [6.07, 6.45) is 1.90. The number of rotatable bonds is 1. The van der Waals surface area contributed by atoms with Crippen LogP contribution >= 0.6 is 0 Å². The van der Waals surface area contributed by atoms with E-state index in [-0.39, 0.29) is 0 Å². The van der Waals surface area contributed by atoms with Crippen LogP contribution in [0.4, 0.5) is 0 Å². The maximum atomic E-state index is 4.60. The Morgan fingerprint density at radius 2 is 1.65 bits per heavy atom. The molecule has 17 heavy (non-hydrogen) atoms. The van der Waals surface area contributed by atoms with Crippen molar-refractivity contribution in [1.29, 1.82) is 0 Å². The molecular formula is C13H12N4. The van der Waals surface area contributed by atoms with Crippen LogP contribution in [0.3, 0.4) is 0 Å². The van der Waals surface area contributed by atoms with Crippen LogP contribution in [0.15, 0.2) is 36.5 Å². The summed E-state index contributed by atoms with van der Waals surface area (Å²) in [5.41, 5.74) is 3.66. The molecule has 3 rings (SSSR count). The first-order valence-electron chi connectivity index (χ1n) is 5.50. The molecule has 0 saturated heterocycles. The van der Waals surface area contributed by atoms with Gasteiger partial charge in [0.05, 0.1) is 22.4 Å². The van der Waals surface area contributed by atoms with Gasteiger partial charge < -0.3 is 0 Å². The topological polar surface area (TPSA) is 43.6 Å². The van der Waals surface area contributed by atoms with Crippen LogP contribution in [0, 0.1) is 13.8 Å². The van der Waals surface area contributed by atoms with Gasteiger partial charge in [-0.3, -0.25) is 0 Å². The zero-order valence-electron chi connectivity index (χ0n) is 9.75. The molecule has 0 amide bonds. The highest BCUT2D eigenvalue weighted by Gasteiger charge is 2.07. The monoisotopic (exact) mass is 224 g/mol. The molecular weight excluding hydrogens is 212 g/mol. The summed E-state index contributed by atoms with van der Waals surface area (Å²) in [5.74, 6) is 0.789. The van der Waals surface area contributed by atoms with Gasteiger partial charge in [-0.1, -0.05) is 12.1 Å². The van der Waals surface area contributed by atoms with Crippen LogP contribution in [-0.2, 0) is 0 Å². The smallest absolute Gasteiger partial charge is 0.175 e. The highest BCUT2D eigenvalue weighted by Crippen LogP contribution is 2.15. The second-order valence-corrected chi connectivity index (χ2v) is 4.02. The van der Waals surface area contributed by atoms with E-state index in [1.54, 1.807) is 4.68 Å². The summed E-state index contributed by atoms with van der Waals surface area (Å²) in [7, 11) is 0. The Bertz CT molecular complexity index is 685. The Kier molecular flexibility index (Phi) is 2.14. The second-order valence-electron chi connectivity index (χ2n) is 4.02.